The fourth-order valence-corrected chi connectivity index (χ4v) is 4.46. The van der Waals surface area contributed by atoms with E-state index in [1.165, 1.54) is 7.11 Å². The highest BCUT2D eigenvalue weighted by Crippen LogP contribution is 2.50. The number of ether oxygens (including phenoxy) is 3. The molecule has 6 nitrogen and oxygen atoms in total. The number of hydrogen-bond donors (Lipinski definition) is 0. The second kappa shape index (κ2) is 6.41. The molecule has 1 aliphatic carbocycles. The topological polar surface area (TPSA) is 78.9 Å². The summed E-state index contributed by atoms with van der Waals surface area (Å²) < 4.78 is 39.6. The molecule has 2 aliphatic rings. The van der Waals surface area contributed by atoms with Crippen molar-refractivity contribution in [3.63, 3.8) is 0 Å². The largest absolute Gasteiger partial charge is 0.469 e. The average molecular weight is 306 g/mol. The Labute approximate surface area is 119 Å². The summed E-state index contributed by atoms with van der Waals surface area (Å²) in [5, 5.41) is 0. The zero-order valence-corrected chi connectivity index (χ0v) is 12.6. The summed E-state index contributed by atoms with van der Waals surface area (Å²) in [6, 6.07) is 0. The second-order valence-electron chi connectivity index (χ2n) is 5.66. The van der Waals surface area contributed by atoms with Crippen molar-refractivity contribution in [3.05, 3.63) is 0 Å². The van der Waals surface area contributed by atoms with Gasteiger partial charge >= 0.3 is 5.97 Å². The van der Waals surface area contributed by atoms with Gasteiger partial charge in [0.25, 0.3) is 0 Å². The van der Waals surface area contributed by atoms with Gasteiger partial charge in [-0.2, -0.15) is 0 Å². The maximum absolute atomic E-state index is 12.1. The van der Waals surface area contributed by atoms with Crippen LogP contribution in [0.1, 0.15) is 32.1 Å². The van der Waals surface area contributed by atoms with E-state index in [1.54, 1.807) is 0 Å². The number of sulfone groups is 1. The van der Waals surface area contributed by atoms with Crippen molar-refractivity contribution in [2.75, 3.05) is 31.8 Å². The van der Waals surface area contributed by atoms with Crippen LogP contribution < -0.4 is 0 Å². The van der Waals surface area contributed by atoms with Gasteiger partial charge in [0.15, 0.2) is 16.1 Å². The van der Waals surface area contributed by atoms with Crippen LogP contribution in [0.4, 0.5) is 0 Å². The van der Waals surface area contributed by atoms with E-state index in [-0.39, 0.29) is 29.3 Å². The average Bonchev–Trinajstić information content (AvgIpc) is 3.16. The maximum atomic E-state index is 12.1. The molecule has 7 heteroatoms. The molecule has 0 radical (unpaired) electrons. The van der Waals surface area contributed by atoms with Crippen LogP contribution in [-0.4, -0.2) is 52.5 Å². The van der Waals surface area contributed by atoms with Gasteiger partial charge in [-0.05, 0) is 24.7 Å². The van der Waals surface area contributed by atoms with E-state index in [0.717, 1.165) is 19.3 Å². The molecular weight excluding hydrogens is 284 g/mol. The van der Waals surface area contributed by atoms with Crippen LogP contribution in [-0.2, 0) is 28.8 Å². The molecule has 1 heterocycles. The zero-order valence-electron chi connectivity index (χ0n) is 11.8. The summed E-state index contributed by atoms with van der Waals surface area (Å²) in [5.74, 6) is -0.237. The lowest BCUT2D eigenvalue weighted by Crippen LogP contribution is -2.29. The van der Waals surface area contributed by atoms with Crippen LogP contribution in [0.3, 0.4) is 0 Å². The van der Waals surface area contributed by atoms with Gasteiger partial charge in [-0.1, -0.05) is 0 Å². The fraction of sp³-hybridized carbons (Fsp3) is 0.923. The number of hydrogen-bond acceptors (Lipinski definition) is 6. The minimum atomic E-state index is -3.20. The van der Waals surface area contributed by atoms with Crippen molar-refractivity contribution in [1.29, 1.82) is 0 Å². The van der Waals surface area contributed by atoms with Gasteiger partial charge in [-0.15, -0.1) is 0 Å². The first-order valence-corrected chi connectivity index (χ1v) is 8.77. The third-order valence-electron chi connectivity index (χ3n) is 3.79. The maximum Gasteiger partial charge on any atom is 0.306 e. The minimum absolute atomic E-state index is 0.0423. The van der Waals surface area contributed by atoms with Gasteiger partial charge in [-0.25, -0.2) is 8.42 Å². The molecule has 0 amide bonds. The molecule has 0 aromatic rings. The Morgan fingerprint density at radius 3 is 2.50 bits per heavy atom. The molecule has 0 N–H and O–H groups in total. The van der Waals surface area contributed by atoms with E-state index in [0.29, 0.717) is 19.6 Å². The standard InChI is InChI=1S/C13H22O6S/c1-17-11(14)9-13(4-5-13)10-20(15,16)8-3-12-18-6-2-7-19-12/h12H,2-10H2,1H3. The van der Waals surface area contributed by atoms with Crippen molar-refractivity contribution >= 4 is 15.8 Å². The smallest absolute Gasteiger partial charge is 0.306 e. The Morgan fingerprint density at radius 2 is 1.95 bits per heavy atom. The van der Waals surface area contributed by atoms with Crippen LogP contribution in [0.25, 0.3) is 0 Å². The molecule has 0 atom stereocenters. The van der Waals surface area contributed by atoms with Crippen LogP contribution in [0.15, 0.2) is 0 Å². The van der Waals surface area contributed by atoms with Gasteiger partial charge < -0.3 is 14.2 Å². The monoisotopic (exact) mass is 306 g/mol. The molecule has 0 unspecified atom stereocenters. The first kappa shape index (κ1) is 15.7. The third kappa shape index (κ3) is 4.71. The first-order valence-electron chi connectivity index (χ1n) is 6.95. The van der Waals surface area contributed by atoms with Crippen LogP contribution >= 0.6 is 0 Å². The van der Waals surface area contributed by atoms with Crippen molar-refractivity contribution < 1.29 is 27.4 Å². The lowest BCUT2D eigenvalue weighted by atomic mass is 10.1. The molecule has 0 aromatic heterocycles. The Morgan fingerprint density at radius 1 is 1.30 bits per heavy atom. The van der Waals surface area contributed by atoms with E-state index in [1.807, 2.05) is 0 Å². The van der Waals surface area contributed by atoms with E-state index < -0.39 is 16.1 Å². The fourth-order valence-electron chi connectivity index (χ4n) is 2.44. The van der Waals surface area contributed by atoms with Crippen molar-refractivity contribution in [1.82, 2.24) is 0 Å². The Bertz CT molecular complexity index is 434. The minimum Gasteiger partial charge on any atom is -0.469 e. The summed E-state index contributed by atoms with van der Waals surface area (Å²) in [5.41, 5.74) is -0.389. The molecule has 1 saturated heterocycles. The van der Waals surface area contributed by atoms with Crippen LogP contribution in [0.2, 0.25) is 0 Å². The molecule has 1 aliphatic heterocycles. The second-order valence-corrected chi connectivity index (χ2v) is 7.84. The van der Waals surface area contributed by atoms with Crippen molar-refractivity contribution in [2.45, 2.75) is 38.4 Å². The molecule has 0 aromatic carbocycles. The van der Waals surface area contributed by atoms with Gasteiger partial charge in [0.05, 0.1) is 38.3 Å². The summed E-state index contributed by atoms with van der Waals surface area (Å²) in [7, 11) is -1.87. The van der Waals surface area contributed by atoms with Gasteiger partial charge in [0.2, 0.25) is 0 Å². The van der Waals surface area contributed by atoms with Gasteiger partial charge in [0, 0.05) is 6.42 Å². The zero-order chi connectivity index (χ0) is 14.6. The van der Waals surface area contributed by atoms with E-state index >= 15 is 0 Å². The molecule has 116 valence electrons. The molecule has 2 fully saturated rings. The van der Waals surface area contributed by atoms with Gasteiger partial charge in [0.1, 0.15) is 0 Å². The highest BCUT2D eigenvalue weighted by molar-refractivity contribution is 7.91. The SMILES string of the molecule is COC(=O)CC1(CS(=O)(=O)CCC2OCCCO2)CC1. The summed E-state index contributed by atoms with van der Waals surface area (Å²) >= 11 is 0. The molecule has 0 bridgehead atoms. The van der Waals surface area contributed by atoms with Crippen LogP contribution in [0.5, 0.6) is 0 Å². The number of esters is 1. The first-order chi connectivity index (χ1) is 9.45. The number of methoxy groups -OCH3 is 1. The molecular formula is C13H22O6S. The predicted octanol–water partition coefficient (Wildman–Crippen LogP) is 0.898. The number of carbonyl (C=O) groups is 1. The highest BCUT2D eigenvalue weighted by atomic mass is 32.2. The highest BCUT2D eigenvalue weighted by Gasteiger charge is 2.47. The normalized spacial score (nSPS) is 22.4. The quantitative estimate of drug-likeness (QED) is 0.650. The Balaban J connectivity index is 1.80. The third-order valence-corrected chi connectivity index (χ3v) is 5.70. The van der Waals surface area contributed by atoms with Crippen LogP contribution in [0, 0.1) is 5.41 Å². The molecule has 0 spiro atoms. The Kier molecular flexibility index (Phi) is 5.04. The van der Waals surface area contributed by atoms with E-state index in [9.17, 15) is 13.2 Å². The van der Waals surface area contributed by atoms with E-state index in [2.05, 4.69) is 4.74 Å². The van der Waals surface area contributed by atoms with Gasteiger partial charge in [-0.3, -0.25) is 4.79 Å². The number of rotatable bonds is 7. The number of carbonyl (C=O) groups excluding carboxylic acids is 1. The predicted molar refractivity (Wildman–Crippen MR) is 71.9 cm³/mol. The van der Waals surface area contributed by atoms with Crippen molar-refractivity contribution in [3.8, 4) is 0 Å². The molecule has 20 heavy (non-hydrogen) atoms. The summed E-state index contributed by atoms with van der Waals surface area (Å²) in [4.78, 5) is 11.3. The Hall–Kier alpha value is -0.660. The van der Waals surface area contributed by atoms with E-state index in [4.69, 9.17) is 9.47 Å². The lowest BCUT2D eigenvalue weighted by molar-refractivity contribution is -0.178. The molecule has 1 saturated carbocycles. The summed E-state index contributed by atoms with van der Waals surface area (Å²) in [6.45, 7) is 1.24. The van der Waals surface area contributed by atoms with Crippen molar-refractivity contribution in [2.24, 2.45) is 5.41 Å². The summed E-state index contributed by atoms with van der Waals surface area (Å²) in [6.07, 6.45) is 2.55. The molecule has 2 rings (SSSR count). The lowest BCUT2D eigenvalue weighted by Gasteiger charge is -2.23.